The fourth-order valence-electron chi connectivity index (χ4n) is 2.66. The molecule has 0 aromatic heterocycles. The first-order chi connectivity index (χ1) is 9.54. The van der Waals surface area contributed by atoms with Gasteiger partial charge in [-0.05, 0) is 69.5 Å². The fraction of sp³-hybridized carbons (Fsp3) is 0.562. The van der Waals surface area contributed by atoms with Crippen molar-refractivity contribution in [2.45, 2.75) is 26.7 Å². The van der Waals surface area contributed by atoms with Crippen LogP contribution in [0.4, 0.5) is 5.69 Å². The smallest absolute Gasteiger partial charge is 0.193 e. The third kappa shape index (κ3) is 4.23. The number of rotatable bonds is 3. The predicted molar refractivity (Wildman–Crippen MR) is 86.2 cm³/mol. The fourth-order valence-corrected chi connectivity index (χ4v) is 2.66. The van der Waals surface area contributed by atoms with Crippen molar-refractivity contribution >= 4 is 11.6 Å². The van der Waals surface area contributed by atoms with Crippen molar-refractivity contribution < 1.29 is 0 Å². The summed E-state index contributed by atoms with van der Waals surface area (Å²) in [4.78, 5) is 6.86. The van der Waals surface area contributed by atoms with Crippen molar-refractivity contribution in [2.75, 3.05) is 32.0 Å². The van der Waals surface area contributed by atoms with Gasteiger partial charge in [-0.1, -0.05) is 6.07 Å². The molecule has 4 nitrogen and oxygen atoms in total. The van der Waals surface area contributed by atoms with E-state index in [0.717, 1.165) is 18.8 Å². The molecule has 1 heterocycles. The molecular formula is C16H26N4. The standard InChI is InChI=1S/C16H26N4/c1-12-6-7-15(9-13(12)2)19-16(17)18-10-14-5-4-8-20(3)11-14/h6-7,9,14H,4-5,8,10-11H2,1-3H3,(H3,17,18,19). The number of hydrogen-bond donors (Lipinski definition) is 2. The van der Waals surface area contributed by atoms with Crippen LogP contribution < -0.4 is 11.1 Å². The molecule has 0 spiro atoms. The normalized spacial score (nSPS) is 20.9. The number of aliphatic imine (C=N–C) groups is 1. The number of piperidine rings is 1. The van der Waals surface area contributed by atoms with Gasteiger partial charge in [-0.15, -0.1) is 0 Å². The minimum atomic E-state index is 0.515. The van der Waals surface area contributed by atoms with E-state index in [1.165, 1.54) is 30.5 Å². The molecule has 3 N–H and O–H groups in total. The molecule has 4 heteroatoms. The third-order valence-corrected chi connectivity index (χ3v) is 4.02. The molecule has 2 rings (SSSR count). The van der Waals surface area contributed by atoms with E-state index >= 15 is 0 Å². The SMILES string of the molecule is Cc1ccc(NC(N)=NCC2CCCN(C)C2)cc1C. The molecule has 0 saturated carbocycles. The average molecular weight is 274 g/mol. The second-order valence-corrected chi connectivity index (χ2v) is 5.92. The summed E-state index contributed by atoms with van der Waals surface area (Å²) in [7, 11) is 2.17. The quantitative estimate of drug-likeness (QED) is 0.657. The van der Waals surface area contributed by atoms with Gasteiger partial charge in [0, 0.05) is 18.8 Å². The van der Waals surface area contributed by atoms with Crippen molar-refractivity contribution in [3.8, 4) is 0 Å². The summed E-state index contributed by atoms with van der Waals surface area (Å²) >= 11 is 0. The summed E-state index contributed by atoms with van der Waals surface area (Å²) in [5.74, 6) is 1.15. The highest BCUT2D eigenvalue weighted by molar-refractivity contribution is 5.92. The number of guanidine groups is 1. The number of likely N-dealkylation sites (tertiary alicyclic amines) is 1. The van der Waals surface area contributed by atoms with Gasteiger partial charge in [-0.3, -0.25) is 4.99 Å². The van der Waals surface area contributed by atoms with Crippen molar-refractivity contribution in [1.29, 1.82) is 0 Å². The average Bonchev–Trinajstić information content (AvgIpc) is 2.41. The lowest BCUT2D eigenvalue weighted by Gasteiger charge is -2.28. The molecule has 1 unspecified atom stereocenters. The molecule has 20 heavy (non-hydrogen) atoms. The zero-order valence-corrected chi connectivity index (χ0v) is 12.8. The van der Waals surface area contributed by atoms with Crippen LogP contribution in [0.5, 0.6) is 0 Å². The summed E-state index contributed by atoms with van der Waals surface area (Å²) in [6, 6.07) is 6.24. The van der Waals surface area contributed by atoms with Crippen LogP contribution in [0, 0.1) is 19.8 Å². The van der Waals surface area contributed by atoms with E-state index in [1.807, 2.05) is 6.07 Å². The minimum absolute atomic E-state index is 0.515. The Kier molecular flexibility index (Phi) is 5.01. The summed E-state index contributed by atoms with van der Waals surface area (Å²) in [6.45, 7) is 7.35. The van der Waals surface area contributed by atoms with Crippen LogP contribution in [-0.2, 0) is 0 Å². The number of nitrogens with one attached hydrogen (secondary N) is 1. The summed E-state index contributed by atoms with van der Waals surface area (Å²) < 4.78 is 0. The van der Waals surface area contributed by atoms with E-state index in [4.69, 9.17) is 5.73 Å². The Morgan fingerprint density at radius 1 is 1.40 bits per heavy atom. The van der Waals surface area contributed by atoms with E-state index in [0.29, 0.717) is 11.9 Å². The highest BCUT2D eigenvalue weighted by Crippen LogP contribution is 2.16. The van der Waals surface area contributed by atoms with Gasteiger partial charge in [-0.25, -0.2) is 0 Å². The zero-order valence-electron chi connectivity index (χ0n) is 12.8. The second-order valence-electron chi connectivity index (χ2n) is 5.92. The zero-order chi connectivity index (χ0) is 14.5. The molecule has 1 atom stereocenters. The second kappa shape index (κ2) is 6.75. The summed E-state index contributed by atoms with van der Waals surface area (Å²) in [6.07, 6.45) is 2.52. The number of anilines is 1. The molecule has 1 saturated heterocycles. The molecule has 0 bridgehead atoms. The molecule has 0 aliphatic carbocycles. The summed E-state index contributed by atoms with van der Waals surface area (Å²) in [5, 5.41) is 3.17. The van der Waals surface area contributed by atoms with E-state index in [1.54, 1.807) is 0 Å². The molecule has 0 radical (unpaired) electrons. The lowest BCUT2D eigenvalue weighted by molar-refractivity contribution is 0.214. The highest BCUT2D eigenvalue weighted by atomic mass is 15.1. The molecule has 1 aromatic carbocycles. The molecule has 1 fully saturated rings. The minimum Gasteiger partial charge on any atom is -0.370 e. The first kappa shape index (κ1) is 14.9. The van der Waals surface area contributed by atoms with E-state index < -0.39 is 0 Å². The number of aryl methyl sites for hydroxylation is 2. The van der Waals surface area contributed by atoms with E-state index in [2.05, 4.69) is 48.2 Å². The Bertz CT molecular complexity index is 481. The van der Waals surface area contributed by atoms with Crippen molar-refractivity contribution in [3.05, 3.63) is 29.3 Å². The predicted octanol–water partition coefficient (Wildman–Crippen LogP) is 2.37. The Hall–Kier alpha value is -1.55. The number of nitrogens with zero attached hydrogens (tertiary/aromatic N) is 2. The van der Waals surface area contributed by atoms with Gasteiger partial charge >= 0.3 is 0 Å². The topological polar surface area (TPSA) is 53.6 Å². The van der Waals surface area contributed by atoms with Gasteiger partial charge in [0.2, 0.25) is 0 Å². The van der Waals surface area contributed by atoms with E-state index in [-0.39, 0.29) is 0 Å². The highest BCUT2D eigenvalue weighted by Gasteiger charge is 2.16. The Morgan fingerprint density at radius 3 is 2.90 bits per heavy atom. The van der Waals surface area contributed by atoms with Gasteiger partial charge in [0.25, 0.3) is 0 Å². The first-order valence-corrected chi connectivity index (χ1v) is 7.37. The van der Waals surface area contributed by atoms with Crippen molar-refractivity contribution in [2.24, 2.45) is 16.6 Å². The third-order valence-electron chi connectivity index (χ3n) is 4.02. The van der Waals surface area contributed by atoms with Gasteiger partial charge in [0.15, 0.2) is 5.96 Å². The van der Waals surface area contributed by atoms with Crippen LogP contribution in [0.2, 0.25) is 0 Å². The number of nitrogens with two attached hydrogens (primary N) is 1. The van der Waals surface area contributed by atoms with Crippen LogP contribution in [-0.4, -0.2) is 37.5 Å². The Labute approximate surface area is 122 Å². The molecular weight excluding hydrogens is 248 g/mol. The van der Waals surface area contributed by atoms with Crippen LogP contribution in [0.1, 0.15) is 24.0 Å². The monoisotopic (exact) mass is 274 g/mol. The van der Waals surface area contributed by atoms with Gasteiger partial charge in [0.1, 0.15) is 0 Å². The van der Waals surface area contributed by atoms with Crippen LogP contribution in [0.15, 0.2) is 23.2 Å². The van der Waals surface area contributed by atoms with Crippen molar-refractivity contribution in [3.63, 3.8) is 0 Å². The maximum Gasteiger partial charge on any atom is 0.193 e. The maximum absolute atomic E-state index is 5.97. The van der Waals surface area contributed by atoms with Gasteiger partial charge < -0.3 is 16.0 Å². The Morgan fingerprint density at radius 2 is 2.20 bits per heavy atom. The largest absolute Gasteiger partial charge is 0.370 e. The van der Waals surface area contributed by atoms with Crippen LogP contribution >= 0.6 is 0 Å². The molecule has 1 aromatic rings. The lowest BCUT2D eigenvalue weighted by Crippen LogP contribution is -2.34. The van der Waals surface area contributed by atoms with Crippen LogP contribution in [0.25, 0.3) is 0 Å². The molecule has 0 amide bonds. The molecule has 1 aliphatic heterocycles. The first-order valence-electron chi connectivity index (χ1n) is 7.37. The Balaban J connectivity index is 1.88. The van der Waals surface area contributed by atoms with Crippen molar-refractivity contribution in [1.82, 2.24) is 4.90 Å². The van der Waals surface area contributed by atoms with Crippen LogP contribution in [0.3, 0.4) is 0 Å². The van der Waals surface area contributed by atoms with Gasteiger partial charge in [0.05, 0.1) is 0 Å². The number of benzene rings is 1. The number of hydrogen-bond acceptors (Lipinski definition) is 2. The van der Waals surface area contributed by atoms with E-state index in [9.17, 15) is 0 Å². The lowest BCUT2D eigenvalue weighted by atomic mass is 9.99. The van der Waals surface area contributed by atoms with Gasteiger partial charge in [-0.2, -0.15) is 0 Å². The molecule has 110 valence electrons. The summed E-state index contributed by atoms with van der Waals surface area (Å²) in [5.41, 5.74) is 9.53. The molecule has 1 aliphatic rings. The maximum atomic E-state index is 5.97.